The number of amides is 1. The molecule has 0 bridgehead atoms. The Morgan fingerprint density at radius 2 is 1.92 bits per heavy atom. The highest BCUT2D eigenvalue weighted by Crippen LogP contribution is 2.37. The van der Waals surface area contributed by atoms with E-state index in [4.69, 9.17) is 0 Å². The van der Waals surface area contributed by atoms with Crippen LogP contribution in [0.25, 0.3) is 10.9 Å². The molecule has 0 atom stereocenters. The van der Waals surface area contributed by atoms with E-state index in [0.717, 1.165) is 27.5 Å². The number of nitrogens with one attached hydrogen (secondary N) is 1. The van der Waals surface area contributed by atoms with Crippen molar-refractivity contribution in [1.82, 2.24) is 9.88 Å². The van der Waals surface area contributed by atoms with Crippen molar-refractivity contribution < 1.29 is 9.18 Å². The summed E-state index contributed by atoms with van der Waals surface area (Å²) in [5, 5.41) is 3.33. The first-order valence-corrected chi connectivity index (χ1v) is 9.48. The standard InChI is InChI=1S/C20H16FIN2O2/c21-13-3-1-12(2-4-13)10-23-20(26)17-11-24(15-6-7-15)18-8-5-14(22)9-16(18)19(17)25/h1-5,8-9,11,15H,6-7,10H2,(H,23,26). The van der Waals surface area contributed by atoms with Crippen LogP contribution in [0.5, 0.6) is 0 Å². The van der Waals surface area contributed by atoms with Crippen molar-refractivity contribution in [2.45, 2.75) is 25.4 Å². The summed E-state index contributed by atoms with van der Waals surface area (Å²) in [6.07, 6.45) is 3.79. The number of hydrogen-bond donors (Lipinski definition) is 1. The van der Waals surface area contributed by atoms with Gasteiger partial charge in [0, 0.05) is 27.7 Å². The van der Waals surface area contributed by atoms with Crippen LogP contribution < -0.4 is 10.7 Å². The van der Waals surface area contributed by atoms with Gasteiger partial charge in [-0.05, 0) is 71.3 Å². The first-order chi connectivity index (χ1) is 12.5. The average molecular weight is 462 g/mol. The highest BCUT2D eigenvalue weighted by atomic mass is 127. The molecule has 1 saturated carbocycles. The Morgan fingerprint density at radius 1 is 1.19 bits per heavy atom. The summed E-state index contributed by atoms with van der Waals surface area (Å²) >= 11 is 2.17. The minimum Gasteiger partial charge on any atom is -0.348 e. The summed E-state index contributed by atoms with van der Waals surface area (Å²) in [4.78, 5) is 25.5. The maximum absolute atomic E-state index is 13.0. The molecule has 0 unspecified atom stereocenters. The zero-order chi connectivity index (χ0) is 18.3. The molecule has 4 nitrogen and oxygen atoms in total. The van der Waals surface area contributed by atoms with Crippen molar-refractivity contribution >= 4 is 39.4 Å². The number of hydrogen-bond acceptors (Lipinski definition) is 2. The van der Waals surface area contributed by atoms with E-state index in [2.05, 4.69) is 27.9 Å². The molecule has 1 heterocycles. The maximum Gasteiger partial charge on any atom is 0.257 e. The van der Waals surface area contributed by atoms with Crippen LogP contribution in [0.1, 0.15) is 34.8 Å². The summed E-state index contributed by atoms with van der Waals surface area (Å²) < 4.78 is 16.0. The number of fused-ring (bicyclic) bond motifs is 1. The van der Waals surface area contributed by atoms with Gasteiger partial charge in [0.15, 0.2) is 0 Å². The number of rotatable bonds is 4. The Labute approximate surface area is 163 Å². The molecule has 4 rings (SSSR count). The minimum absolute atomic E-state index is 0.147. The van der Waals surface area contributed by atoms with Crippen LogP contribution in [-0.4, -0.2) is 10.5 Å². The molecule has 132 valence electrons. The van der Waals surface area contributed by atoms with E-state index in [9.17, 15) is 14.0 Å². The molecule has 0 spiro atoms. The molecular weight excluding hydrogens is 446 g/mol. The molecular formula is C20H16FIN2O2. The number of benzene rings is 2. The quantitative estimate of drug-likeness (QED) is 0.596. The zero-order valence-corrected chi connectivity index (χ0v) is 16.0. The minimum atomic E-state index is -0.408. The summed E-state index contributed by atoms with van der Waals surface area (Å²) in [5.74, 6) is -0.731. The highest BCUT2D eigenvalue weighted by molar-refractivity contribution is 14.1. The van der Waals surface area contributed by atoms with Crippen molar-refractivity contribution in [3.63, 3.8) is 0 Å². The van der Waals surface area contributed by atoms with Crippen LogP contribution in [-0.2, 0) is 6.54 Å². The van der Waals surface area contributed by atoms with Gasteiger partial charge in [0.2, 0.25) is 5.43 Å². The third-order valence-electron chi connectivity index (χ3n) is 4.55. The Kier molecular flexibility index (Phi) is 4.52. The molecule has 1 amide bonds. The molecule has 1 aliphatic rings. The van der Waals surface area contributed by atoms with E-state index in [-0.39, 0.29) is 23.4 Å². The molecule has 1 N–H and O–H groups in total. The van der Waals surface area contributed by atoms with Crippen LogP contribution in [0.15, 0.2) is 53.5 Å². The second-order valence-electron chi connectivity index (χ2n) is 6.48. The number of pyridine rings is 1. The topological polar surface area (TPSA) is 51.1 Å². The number of halogens is 2. The van der Waals surface area contributed by atoms with Gasteiger partial charge in [0.25, 0.3) is 5.91 Å². The second-order valence-corrected chi connectivity index (χ2v) is 7.73. The second kappa shape index (κ2) is 6.83. The lowest BCUT2D eigenvalue weighted by Crippen LogP contribution is -2.29. The lowest BCUT2D eigenvalue weighted by Gasteiger charge is -2.13. The third-order valence-corrected chi connectivity index (χ3v) is 5.22. The van der Waals surface area contributed by atoms with Crippen molar-refractivity contribution in [3.05, 3.63) is 79.4 Å². The van der Waals surface area contributed by atoms with E-state index in [1.165, 1.54) is 12.1 Å². The zero-order valence-electron chi connectivity index (χ0n) is 13.8. The number of carbonyl (C=O) groups is 1. The third kappa shape index (κ3) is 3.38. The highest BCUT2D eigenvalue weighted by Gasteiger charge is 2.26. The van der Waals surface area contributed by atoms with Crippen LogP contribution in [0, 0.1) is 9.39 Å². The average Bonchev–Trinajstić information content (AvgIpc) is 3.47. The fraction of sp³-hybridized carbons (Fsp3) is 0.200. The monoisotopic (exact) mass is 462 g/mol. The van der Waals surface area contributed by atoms with Gasteiger partial charge < -0.3 is 9.88 Å². The van der Waals surface area contributed by atoms with E-state index in [0.29, 0.717) is 11.4 Å². The summed E-state index contributed by atoms with van der Waals surface area (Å²) in [6.45, 7) is 0.242. The SMILES string of the molecule is O=C(NCc1ccc(F)cc1)c1cn(C2CC2)c2ccc(I)cc2c1=O. The van der Waals surface area contributed by atoms with Crippen LogP contribution in [0.2, 0.25) is 0 Å². The van der Waals surface area contributed by atoms with Crippen molar-refractivity contribution in [3.8, 4) is 0 Å². The first-order valence-electron chi connectivity index (χ1n) is 8.40. The van der Waals surface area contributed by atoms with Crippen LogP contribution in [0.4, 0.5) is 4.39 Å². The van der Waals surface area contributed by atoms with Gasteiger partial charge in [-0.2, -0.15) is 0 Å². The van der Waals surface area contributed by atoms with Gasteiger partial charge in [-0.25, -0.2) is 4.39 Å². The molecule has 1 fully saturated rings. The first kappa shape index (κ1) is 17.2. The van der Waals surface area contributed by atoms with E-state index >= 15 is 0 Å². The smallest absolute Gasteiger partial charge is 0.257 e. The molecule has 26 heavy (non-hydrogen) atoms. The van der Waals surface area contributed by atoms with Gasteiger partial charge in [0.05, 0.1) is 5.52 Å². The van der Waals surface area contributed by atoms with E-state index in [1.54, 1.807) is 18.3 Å². The van der Waals surface area contributed by atoms with Gasteiger partial charge >= 0.3 is 0 Å². The summed E-state index contributed by atoms with van der Waals surface area (Å²) in [7, 11) is 0. The molecule has 3 aromatic rings. The lowest BCUT2D eigenvalue weighted by atomic mass is 10.1. The molecule has 0 radical (unpaired) electrons. The predicted molar refractivity (Wildman–Crippen MR) is 107 cm³/mol. The largest absolute Gasteiger partial charge is 0.348 e. The fourth-order valence-electron chi connectivity index (χ4n) is 3.02. The van der Waals surface area contributed by atoms with Gasteiger partial charge in [-0.15, -0.1) is 0 Å². The van der Waals surface area contributed by atoms with Gasteiger partial charge in [0.1, 0.15) is 11.4 Å². The Hall–Kier alpha value is -2.22. The number of aromatic nitrogens is 1. The lowest BCUT2D eigenvalue weighted by molar-refractivity contribution is 0.0949. The fourth-order valence-corrected chi connectivity index (χ4v) is 3.52. The number of nitrogens with zero attached hydrogens (tertiary/aromatic N) is 1. The van der Waals surface area contributed by atoms with E-state index in [1.807, 2.05) is 22.8 Å². The van der Waals surface area contributed by atoms with Gasteiger partial charge in [-0.1, -0.05) is 12.1 Å². The van der Waals surface area contributed by atoms with Gasteiger partial charge in [-0.3, -0.25) is 9.59 Å². The molecule has 2 aromatic carbocycles. The molecule has 6 heteroatoms. The molecule has 0 aliphatic heterocycles. The molecule has 0 saturated heterocycles. The normalized spacial score (nSPS) is 13.8. The summed E-state index contributed by atoms with van der Waals surface area (Å²) in [6, 6.07) is 12.0. The summed E-state index contributed by atoms with van der Waals surface area (Å²) in [5.41, 5.74) is 1.53. The Balaban J connectivity index is 1.68. The predicted octanol–water partition coefficient (Wildman–Crippen LogP) is 4.01. The number of carbonyl (C=O) groups excluding carboxylic acids is 1. The Morgan fingerprint density at radius 3 is 2.62 bits per heavy atom. The van der Waals surface area contributed by atoms with Crippen LogP contribution >= 0.6 is 22.6 Å². The van der Waals surface area contributed by atoms with Crippen molar-refractivity contribution in [2.75, 3.05) is 0 Å². The van der Waals surface area contributed by atoms with Crippen molar-refractivity contribution in [1.29, 1.82) is 0 Å². The Bertz CT molecular complexity index is 1060. The maximum atomic E-state index is 13.0. The molecule has 1 aromatic heterocycles. The van der Waals surface area contributed by atoms with E-state index < -0.39 is 5.91 Å². The molecule has 1 aliphatic carbocycles. The van der Waals surface area contributed by atoms with Crippen molar-refractivity contribution in [2.24, 2.45) is 0 Å². The van der Waals surface area contributed by atoms with Crippen LogP contribution in [0.3, 0.4) is 0 Å².